The molecule has 27 heavy (non-hydrogen) atoms. The van der Waals surface area contributed by atoms with Crippen LogP contribution in [0.2, 0.25) is 0 Å². The number of ether oxygens (including phenoxy) is 2. The lowest BCUT2D eigenvalue weighted by Crippen LogP contribution is -2.64. The van der Waals surface area contributed by atoms with Gasteiger partial charge in [-0.1, -0.05) is 19.8 Å². The molecule has 4 aliphatic carbocycles. The van der Waals surface area contributed by atoms with E-state index in [4.69, 9.17) is 15.9 Å². The number of terminal acetylenes is 1. The van der Waals surface area contributed by atoms with Gasteiger partial charge in [-0.05, 0) is 61.7 Å². The Labute approximate surface area is 162 Å². The molecule has 0 aromatic carbocycles. The minimum Gasteiger partial charge on any atom is -0.378 e. The smallest absolute Gasteiger partial charge is 0.172 e. The van der Waals surface area contributed by atoms with Crippen molar-refractivity contribution in [2.24, 2.45) is 34.5 Å². The summed E-state index contributed by atoms with van der Waals surface area (Å²) in [6.07, 6.45) is 12.5. The van der Waals surface area contributed by atoms with E-state index in [1.165, 1.54) is 0 Å². The second-order valence-electron chi connectivity index (χ2n) is 10.5. The van der Waals surface area contributed by atoms with Crippen LogP contribution in [0.1, 0.15) is 65.2 Å². The first-order valence-electron chi connectivity index (χ1n) is 10.8. The fourth-order valence-electron chi connectivity index (χ4n) is 7.87. The van der Waals surface area contributed by atoms with E-state index in [2.05, 4.69) is 19.8 Å². The van der Waals surface area contributed by atoms with Crippen molar-refractivity contribution < 1.29 is 19.4 Å². The molecule has 5 rings (SSSR count). The Kier molecular flexibility index (Phi) is 3.76. The van der Waals surface area contributed by atoms with E-state index in [1.807, 2.05) is 0 Å². The van der Waals surface area contributed by atoms with Crippen LogP contribution in [0.4, 0.5) is 0 Å². The van der Waals surface area contributed by atoms with Crippen LogP contribution in [-0.2, 0) is 14.3 Å². The van der Waals surface area contributed by atoms with Crippen LogP contribution >= 0.6 is 0 Å². The molecule has 1 saturated heterocycles. The quantitative estimate of drug-likeness (QED) is 0.663. The van der Waals surface area contributed by atoms with E-state index in [1.54, 1.807) is 0 Å². The number of aliphatic hydroxyl groups is 1. The van der Waals surface area contributed by atoms with Gasteiger partial charge in [-0.3, -0.25) is 4.79 Å². The first-order valence-corrected chi connectivity index (χ1v) is 10.8. The number of carbonyl (C=O) groups is 1. The summed E-state index contributed by atoms with van der Waals surface area (Å²) in [6.45, 7) is 5.86. The van der Waals surface area contributed by atoms with Crippen molar-refractivity contribution in [1.82, 2.24) is 0 Å². The summed E-state index contributed by atoms with van der Waals surface area (Å²) in [5, 5.41) is 10.8. The van der Waals surface area contributed by atoms with Crippen LogP contribution in [0.15, 0.2) is 0 Å². The van der Waals surface area contributed by atoms with Gasteiger partial charge < -0.3 is 14.6 Å². The highest BCUT2D eigenvalue weighted by Gasteiger charge is 2.69. The van der Waals surface area contributed by atoms with Crippen LogP contribution in [0, 0.1) is 46.8 Å². The van der Waals surface area contributed by atoms with Crippen LogP contribution < -0.4 is 0 Å². The van der Waals surface area contributed by atoms with Crippen LogP contribution in [-0.4, -0.2) is 35.5 Å². The minimum absolute atomic E-state index is 0.140. The molecule has 4 saturated carbocycles. The normalized spacial score (nSPS) is 53.5. The van der Waals surface area contributed by atoms with Crippen LogP contribution in [0.3, 0.4) is 0 Å². The third kappa shape index (κ3) is 2.26. The molecule has 5 aliphatic rings. The molecule has 7 atom stereocenters. The van der Waals surface area contributed by atoms with Crippen molar-refractivity contribution in [1.29, 1.82) is 0 Å². The fourth-order valence-corrected chi connectivity index (χ4v) is 7.87. The standard InChI is InChI=1S/C23H32O4/c1-4-22(25)10-9-20(2)15(13-22)14-23(26-11-12-27-23)19-16-5-6-18(24)21(16,3)8-7-17(19)20/h1,15-17,19,25H,5-14H2,2-3H3/t15-,16-,17+,19+,20+,21+,22-/m1/s1. The predicted octanol–water partition coefficient (Wildman–Crippen LogP) is 3.32. The molecule has 0 unspecified atom stereocenters. The molecule has 1 aliphatic heterocycles. The number of hydrogen-bond donors (Lipinski definition) is 1. The predicted molar refractivity (Wildman–Crippen MR) is 101 cm³/mol. The second kappa shape index (κ2) is 5.59. The van der Waals surface area contributed by atoms with Gasteiger partial charge in [0.15, 0.2) is 5.79 Å². The lowest BCUT2D eigenvalue weighted by atomic mass is 9.43. The highest BCUT2D eigenvalue weighted by atomic mass is 16.7. The fraction of sp³-hybridized carbons (Fsp3) is 0.870. The molecule has 1 N–H and O–H groups in total. The third-order valence-electron chi connectivity index (χ3n) is 9.50. The van der Waals surface area contributed by atoms with Gasteiger partial charge in [-0.15, -0.1) is 6.42 Å². The van der Waals surface area contributed by atoms with E-state index >= 15 is 0 Å². The average molecular weight is 373 g/mol. The van der Waals surface area contributed by atoms with Crippen molar-refractivity contribution in [3.8, 4) is 12.3 Å². The molecule has 148 valence electrons. The number of fused-ring (bicyclic) bond motifs is 6. The maximum atomic E-state index is 12.8. The van der Waals surface area contributed by atoms with E-state index in [-0.39, 0.29) is 16.7 Å². The average Bonchev–Trinajstić information content (AvgIpc) is 3.23. The van der Waals surface area contributed by atoms with Crippen LogP contribution in [0.25, 0.3) is 0 Å². The molecule has 0 radical (unpaired) electrons. The minimum atomic E-state index is -0.997. The first-order chi connectivity index (χ1) is 12.8. The lowest BCUT2D eigenvalue weighted by molar-refractivity contribution is -0.299. The van der Waals surface area contributed by atoms with Gasteiger partial charge >= 0.3 is 0 Å². The molecule has 4 nitrogen and oxygen atoms in total. The van der Waals surface area contributed by atoms with Gasteiger partial charge in [-0.25, -0.2) is 0 Å². The summed E-state index contributed by atoms with van der Waals surface area (Å²) in [4.78, 5) is 12.8. The summed E-state index contributed by atoms with van der Waals surface area (Å²) in [7, 11) is 0. The molecule has 0 aromatic rings. The largest absolute Gasteiger partial charge is 0.378 e. The molecule has 4 heteroatoms. The monoisotopic (exact) mass is 372 g/mol. The van der Waals surface area contributed by atoms with E-state index in [9.17, 15) is 9.90 Å². The van der Waals surface area contributed by atoms with Gasteiger partial charge in [0.1, 0.15) is 11.4 Å². The zero-order valence-corrected chi connectivity index (χ0v) is 16.6. The van der Waals surface area contributed by atoms with Gasteiger partial charge in [0.2, 0.25) is 0 Å². The van der Waals surface area contributed by atoms with Crippen molar-refractivity contribution in [3.05, 3.63) is 0 Å². The molecule has 0 bridgehead atoms. The highest BCUT2D eigenvalue weighted by molar-refractivity contribution is 5.87. The number of carbonyl (C=O) groups excluding carboxylic acids is 1. The molecular weight excluding hydrogens is 340 g/mol. The highest BCUT2D eigenvalue weighted by Crippen LogP contribution is 2.69. The number of rotatable bonds is 0. The number of hydrogen-bond acceptors (Lipinski definition) is 4. The SMILES string of the molecule is C#C[C@@]1(O)CC[C@@]2(C)[C@@H](CC3(OCCO3)[C@H]3[C@H]4CCC(=O)[C@@]4(C)CC[C@@H]32)C1. The molecule has 1 heterocycles. The molecule has 1 spiro atoms. The molecule has 5 fully saturated rings. The zero-order chi connectivity index (χ0) is 19.1. The Hall–Kier alpha value is -0.890. The Balaban J connectivity index is 1.58. The topological polar surface area (TPSA) is 55.8 Å². The van der Waals surface area contributed by atoms with Crippen molar-refractivity contribution in [2.75, 3.05) is 13.2 Å². The van der Waals surface area contributed by atoms with Gasteiger partial charge in [-0.2, -0.15) is 0 Å². The Morgan fingerprint density at radius 1 is 1.07 bits per heavy atom. The second-order valence-corrected chi connectivity index (χ2v) is 10.5. The zero-order valence-electron chi connectivity index (χ0n) is 16.6. The van der Waals surface area contributed by atoms with Gasteiger partial charge in [0.25, 0.3) is 0 Å². The maximum Gasteiger partial charge on any atom is 0.172 e. The summed E-state index contributed by atoms with van der Waals surface area (Å²) in [5.74, 6) is 3.92. The Bertz CT molecular complexity index is 704. The molecule has 0 aromatic heterocycles. The van der Waals surface area contributed by atoms with Crippen LogP contribution in [0.5, 0.6) is 0 Å². The molecule has 0 amide bonds. The summed E-state index contributed by atoms with van der Waals surface area (Å²) in [5.41, 5.74) is -1.06. The Morgan fingerprint density at radius 2 is 1.81 bits per heavy atom. The molecular formula is C23H32O4. The van der Waals surface area contributed by atoms with Crippen molar-refractivity contribution >= 4 is 5.78 Å². The summed E-state index contributed by atoms with van der Waals surface area (Å²) >= 11 is 0. The van der Waals surface area contributed by atoms with Crippen molar-refractivity contribution in [2.45, 2.75) is 76.6 Å². The van der Waals surface area contributed by atoms with E-state index < -0.39 is 11.4 Å². The number of Topliss-reactive ketones (excluding diaryl/α,β-unsaturated/α-hetero) is 1. The summed E-state index contributed by atoms with van der Waals surface area (Å²) < 4.78 is 12.7. The summed E-state index contributed by atoms with van der Waals surface area (Å²) in [6, 6.07) is 0. The van der Waals surface area contributed by atoms with Gasteiger partial charge in [0, 0.05) is 24.2 Å². The Morgan fingerprint density at radius 3 is 2.52 bits per heavy atom. The first kappa shape index (κ1) is 18.2. The van der Waals surface area contributed by atoms with Gasteiger partial charge in [0.05, 0.1) is 13.2 Å². The van der Waals surface area contributed by atoms with E-state index in [0.29, 0.717) is 56.0 Å². The number of ketones is 1. The maximum absolute atomic E-state index is 12.8. The third-order valence-corrected chi connectivity index (χ3v) is 9.50. The van der Waals surface area contributed by atoms with E-state index in [0.717, 1.165) is 32.1 Å². The van der Waals surface area contributed by atoms with Crippen molar-refractivity contribution in [3.63, 3.8) is 0 Å². The lowest BCUT2D eigenvalue weighted by Gasteiger charge is -2.64.